The molecule has 2 aromatic rings. The van der Waals surface area contributed by atoms with Gasteiger partial charge in [-0.3, -0.25) is 14.6 Å². The molecule has 0 spiro atoms. The van der Waals surface area contributed by atoms with E-state index in [9.17, 15) is 9.59 Å². The predicted octanol–water partition coefficient (Wildman–Crippen LogP) is 2.16. The van der Waals surface area contributed by atoms with Crippen LogP contribution in [0.5, 0.6) is 0 Å². The zero-order valence-corrected chi connectivity index (χ0v) is 13.6. The molecular weight excluding hydrogens is 308 g/mol. The molecule has 7 nitrogen and oxygen atoms in total. The van der Waals surface area contributed by atoms with Gasteiger partial charge in [-0.05, 0) is 30.3 Å². The van der Waals surface area contributed by atoms with E-state index in [4.69, 9.17) is 4.74 Å². The van der Waals surface area contributed by atoms with Gasteiger partial charge in [-0.2, -0.15) is 0 Å². The number of hydrogen-bond donors (Lipinski definition) is 3. The maximum absolute atomic E-state index is 12.0. The van der Waals surface area contributed by atoms with Crippen molar-refractivity contribution in [1.29, 1.82) is 0 Å². The van der Waals surface area contributed by atoms with Gasteiger partial charge in [-0.1, -0.05) is 6.07 Å². The fourth-order valence-electron chi connectivity index (χ4n) is 2.03. The maximum Gasteiger partial charge on any atom is 0.270 e. The summed E-state index contributed by atoms with van der Waals surface area (Å²) in [5.41, 5.74) is 2.52. The molecule has 0 aliphatic rings. The number of rotatable bonds is 7. The number of nitrogens with one attached hydrogen (secondary N) is 3. The zero-order chi connectivity index (χ0) is 17.4. The molecule has 126 valence electrons. The number of nitrogens with zero attached hydrogens (tertiary/aromatic N) is 1. The third-order valence-corrected chi connectivity index (χ3v) is 3.06. The minimum Gasteiger partial charge on any atom is -0.383 e. The van der Waals surface area contributed by atoms with Gasteiger partial charge in [-0.25, -0.2) is 0 Å². The quantitative estimate of drug-likeness (QED) is 0.677. The number of pyridine rings is 1. The van der Waals surface area contributed by atoms with Crippen LogP contribution in [0.15, 0.2) is 42.6 Å². The van der Waals surface area contributed by atoms with Gasteiger partial charge < -0.3 is 20.7 Å². The maximum atomic E-state index is 12.0. The summed E-state index contributed by atoms with van der Waals surface area (Å²) >= 11 is 0. The smallest absolute Gasteiger partial charge is 0.270 e. The molecule has 0 aliphatic heterocycles. The summed E-state index contributed by atoms with van der Waals surface area (Å²) in [5, 5.41) is 8.63. The Morgan fingerprint density at radius 1 is 1.12 bits per heavy atom. The minimum atomic E-state index is -0.261. The van der Waals surface area contributed by atoms with Crippen molar-refractivity contribution in [3.63, 3.8) is 0 Å². The minimum absolute atomic E-state index is 0.133. The number of aromatic nitrogens is 1. The second kappa shape index (κ2) is 8.64. The van der Waals surface area contributed by atoms with E-state index in [-0.39, 0.29) is 11.8 Å². The molecule has 0 radical (unpaired) electrons. The molecular formula is C17H20N4O3. The van der Waals surface area contributed by atoms with Gasteiger partial charge in [0.25, 0.3) is 5.91 Å². The molecule has 2 rings (SSSR count). The normalized spacial score (nSPS) is 10.1. The summed E-state index contributed by atoms with van der Waals surface area (Å²) in [6.07, 6.45) is 1.56. The molecule has 1 aromatic carbocycles. The molecule has 0 fully saturated rings. The van der Waals surface area contributed by atoms with E-state index < -0.39 is 0 Å². The lowest BCUT2D eigenvalue weighted by Crippen LogP contribution is -2.27. The highest BCUT2D eigenvalue weighted by atomic mass is 16.5. The lowest BCUT2D eigenvalue weighted by atomic mass is 10.2. The largest absolute Gasteiger partial charge is 0.383 e. The van der Waals surface area contributed by atoms with E-state index in [1.165, 1.54) is 6.92 Å². The highest BCUT2D eigenvalue weighted by Gasteiger charge is 2.07. The van der Waals surface area contributed by atoms with Crippen molar-refractivity contribution in [2.45, 2.75) is 6.92 Å². The SMILES string of the molecule is COCCNC(=O)c1cc(Nc2cccc(NC(C)=O)c2)ccn1. The first-order chi connectivity index (χ1) is 11.6. The standard InChI is InChI=1S/C17H20N4O3/c1-12(22)20-13-4-3-5-14(10-13)21-15-6-7-18-16(11-15)17(23)19-8-9-24-2/h3-7,10-11H,8-9H2,1-2H3,(H,18,21)(H,19,23)(H,20,22). The van der Waals surface area contributed by atoms with Crippen molar-refractivity contribution in [1.82, 2.24) is 10.3 Å². The first-order valence-electron chi connectivity index (χ1n) is 7.46. The molecule has 3 N–H and O–H groups in total. The Bertz CT molecular complexity index is 718. The molecule has 0 saturated carbocycles. The second-order valence-corrected chi connectivity index (χ2v) is 5.07. The van der Waals surface area contributed by atoms with Gasteiger partial charge in [0.05, 0.1) is 6.61 Å². The van der Waals surface area contributed by atoms with E-state index in [0.717, 1.165) is 11.4 Å². The summed E-state index contributed by atoms with van der Waals surface area (Å²) in [6.45, 7) is 2.32. The molecule has 0 bridgehead atoms. The Morgan fingerprint density at radius 3 is 2.62 bits per heavy atom. The van der Waals surface area contributed by atoms with Crippen LogP contribution in [0.3, 0.4) is 0 Å². The van der Waals surface area contributed by atoms with E-state index >= 15 is 0 Å². The first kappa shape index (κ1) is 17.4. The van der Waals surface area contributed by atoms with Crippen molar-refractivity contribution in [2.24, 2.45) is 0 Å². The molecule has 0 unspecified atom stereocenters. The van der Waals surface area contributed by atoms with E-state index in [1.54, 1.807) is 37.6 Å². The van der Waals surface area contributed by atoms with Crippen molar-refractivity contribution in [3.8, 4) is 0 Å². The van der Waals surface area contributed by atoms with Gasteiger partial charge in [0.2, 0.25) is 5.91 Å². The van der Waals surface area contributed by atoms with E-state index in [0.29, 0.717) is 24.5 Å². The number of methoxy groups -OCH3 is 1. The summed E-state index contributed by atoms with van der Waals surface area (Å²) in [5.74, 6) is -0.395. The van der Waals surface area contributed by atoms with Crippen LogP contribution in [-0.4, -0.2) is 37.1 Å². The fourth-order valence-corrected chi connectivity index (χ4v) is 2.03. The van der Waals surface area contributed by atoms with Crippen molar-refractivity contribution < 1.29 is 14.3 Å². The van der Waals surface area contributed by atoms with Crippen molar-refractivity contribution in [3.05, 3.63) is 48.3 Å². The molecule has 1 aromatic heterocycles. The molecule has 2 amide bonds. The fraction of sp³-hybridized carbons (Fsp3) is 0.235. The van der Waals surface area contributed by atoms with Gasteiger partial charge in [0.1, 0.15) is 5.69 Å². The molecule has 0 aliphatic carbocycles. The van der Waals surface area contributed by atoms with Crippen LogP contribution in [0.4, 0.5) is 17.1 Å². The highest BCUT2D eigenvalue weighted by Crippen LogP contribution is 2.20. The number of anilines is 3. The molecule has 1 heterocycles. The summed E-state index contributed by atoms with van der Waals surface area (Å²) in [4.78, 5) is 27.2. The van der Waals surface area contributed by atoms with Crippen LogP contribution in [-0.2, 0) is 9.53 Å². The Balaban J connectivity index is 2.06. The van der Waals surface area contributed by atoms with Gasteiger partial charge in [0, 0.05) is 43.8 Å². The molecule has 7 heteroatoms. The third-order valence-electron chi connectivity index (χ3n) is 3.06. The Labute approximate surface area is 140 Å². The van der Waals surface area contributed by atoms with Gasteiger partial charge in [0.15, 0.2) is 0 Å². The van der Waals surface area contributed by atoms with Crippen LogP contribution < -0.4 is 16.0 Å². The van der Waals surface area contributed by atoms with Crippen LogP contribution in [0.25, 0.3) is 0 Å². The number of carbonyl (C=O) groups is 2. The van der Waals surface area contributed by atoms with Crippen molar-refractivity contribution in [2.75, 3.05) is 30.9 Å². The highest BCUT2D eigenvalue weighted by molar-refractivity contribution is 5.93. The first-order valence-corrected chi connectivity index (χ1v) is 7.46. The Hall–Kier alpha value is -2.93. The van der Waals surface area contributed by atoms with Crippen LogP contribution in [0.2, 0.25) is 0 Å². The Kier molecular flexibility index (Phi) is 6.27. The monoisotopic (exact) mass is 328 g/mol. The van der Waals surface area contributed by atoms with Gasteiger partial charge in [-0.15, -0.1) is 0 Å². The number of hydrogen-bond acceptors (Lipinski definition) is 5. The van der Waals surface area contributed by atoms with E-state index in [2.05, 4.69) is 20.9 Å². The lowest BCUT2D eigenvalue weighted by molar-refractivity contribution is -0.114. The predicted molar refractivity (Wildman–Crippen MR) is 92.5 cm³/mol. The summed E-state index contributed by atoms with van der Waals surface area (Å²) in [7, 11) is 1.57. The van der Waals surface area contributed by atoms with E-state index in [1.807, 2.05) is 12.1 Å². The average molecular weight is 328 g/mol. The van der Waals surface area contributed by atoms with Gasteiger partial charge >= 0.3 is 0 Å². The topological polar surface area (TPSA) is 92.4 Å². The average Bonchev–Trinajstić information content (AvgIpc) is 2.55. The van der Waals surface area contributed by atoms with Crippen LogP contribution in [0, 0.1) is 0 Å². The third kappa shape index (κ3) is 5.36. The number of ether oxygens (including phenoxy) is 1. The van der Waals surface area contributed by atoms with Crippen LogP contribution in [0.1, 0.15) is 17.4 Å². The zero-order valence-electron chi connectivity index (χ0n) is 13.6. The summed E-state index contributed by atoms with van der Waals surface area (Å²) < 4.78 is 4.89. The number of amides is 2. The lowest BCUT2D eigenvalue weighted by Gasteiger charge is -2.10. The summed E-state index contributed by atoms with van der Waals surface area (Å²) in [6, 6.07) is 10.7. The van der Waals surface area contributed by atoms with Crippen LogP contribution >= 0.6 is 0 Å². The molecule has 24 heavy (non-hydrogen) atoms. The number of benzene rings is 1. The molecule has 0 saturated heterocycles. The second-order valence-electron chi connectivity index (χ2n) is 5.07. The molecule has 0 atom stereocenters. The Morgan fingerprint density at radius 2 is 1.88 bits per heavy atom. The van der Waals surface area contributed by atoms with Crippen molar-refractivity contribution >= 4 is 28.9 Å². The number of carbonyl (C=O) groups excluding carboxylic acids is 2.